The number of non-ortho nitro benzene ring substituents is 1. The summed E-state index contributed by atoms with van der Waals surface area (Å²) in [6.07, 6.45) is 1.38. The molecule has 0 fully saturated rings. The molecule has 0 N–H and O–H groups in total. The molecule has 128 valence electrons. The normalized spacial score (nSPS) is 11.0. The van der Waals surface area contributed by atoms with Crippen LogP contribution in [0.15, 0.2) is 46.4 Å². The number of likely N-dealkylation sites (N-methyl/N-ethyl adjacent to an activating group) is 1. The molecule has 1 aromatic heterocycles. The maximum absolute atomic E-state index is 12.3. The highest BCUT2D eigenvalue weighted by Crippen LogP contribution is 2.26. The summed E-state index contributed by atoms with van der Waals surface area (Å²) in [5.41, 5.74) is 0.478. The van der Waals surface area contributed by atoms with E-state index in [9.17, 15) is 20.2 Å². The predicted molar refractivity (Wildman–Crippen MR) is 92.3 cm³/mol. The van der Waals surface area contributed by atoms with Crippen molar-refractivity contribution in [1.82, 2.24) is 4.90 Å². The van der Waals surface area contributed by atoms with Crippen LogP contribution >= 0.6 is 0 Å². The number of rotatable bonds is 6. The van der Waals surface area contributed by atoms with Gasteiger partial charge in [0.2, 0.25) is 0 Å². The number of nitriles is 1. The Morgan fingerprint density at radius 1 is 1.32 bits per heavy atom. The highest BCUT2D eigenvalue weighted by Gasteiger charge is 2.16. The van der Waals surface area contributed by atoms with E-state index in [1.807, 2.05) is 19.9 Å². The van der Waals surface area contributed by atoms with Crippen LogP contribution in [0.3, 0.4) is 0 Å². The fourth-order valence-corrected chi connectivity index (χ4v) is 2.32. The van der Waals surface area contributed by atoms with Crippen molar-refractivity contribution in [1.29, 1.82) is 5.26 Å². The summed E-state index contributed by atoms with van der Waals surface area (Å²) in [5.74, 6) is 0.391. The van der Waals surface area contributed by atoms with Crippen LogP contribution in [0.25, 0.3) is 17.4 Å². The summed E-state index contributed by atoms with van der Waals surface area (Å²) in [4.78, 5) is 24.2. The van der Waals surface area contributed by atoms with Crippen LogP contribution < -0.4 is 0 Å². The molecule has 0 bridgehead atoms. The Kier molecular flexibility index (Phi) is 5.69. The molecule has 7 nitrogen and oxygen atoms in total. The largest absolute Gasteiger partial charge is 0.457 e. The topological polar surface area (TPSA) is 100 Å². The second kappa shape index (κ2) is 7.93. The van der Waals surface area contributed by atoms with Gasteiger partial charge in [-0.05, 0) is 26.0 Å². The quantitative estimate of drug-likeness (QED) is 0.346. The van der Waals surface area contributed by atoms with Crippen molar-refractivity contribution in [2.75, 3.05) is 13.1 Å². The third-order valence-electron chi connectivity index (χ3n) is 3.66. The molecule has 0 atom stereocenters. The zero-order chi connectivity index (χ0) is 18.4. The number of furan rings is 1. The highest BCUT2D eigenvalue weighted by molar-refractivity contribution is 6.01. The maximum atomic E-state index is 12.3. The number of carbonyl (C=O) groups is 1. The standard InChI is InChI=1S/C18H17N3O4/c1-3-20(4-2)18(22)14(12-19)11-16-8-9-17(25-16)13-6-5-7-15(10-13)21(23)24/h5-11H,3-4H2,1-2H3/b14-11-. The van der Waals surface area contributed by atoms with Gasteiger partial charge in [0.1, 0.15) is 23.2 Å². The molecule has 2 aromatic rings. The third kappa shape index (κ3) is 4.12. The lowest BCUT2D eigenvalue weighted by atomic mass is 10.1. The SMILES string of the molecule is CCN(CC)C(=O)/C(C#N)=C\c1ccc(-c2cccc([N+](=O)[O-])c2)o1. The van der Waals surface area contributed by atoms with Gasteiger partial charge in [-0.25, -0.2) is 0 Å². The van der Waals surface area contributed by atoms with E-state index < -0.39 is 4.92 Å². The number of amides is 1. The van der Waals surface area contributed by atoms with Gasteiger partial charge < -0.3 is 9.32 Å². The van der Waals surface area contributed by atoms with Gasteiger partial charge in [0.25, 0.3) is 11.6 Å². The molecule has 0 aliphatic rings. The average molecular weight is 339 g/mol. The Morgan fingerprint density at radius 3 is 2.64 bits per heavy atom. The number of hydrogen-bond donors (Lipinski definition) is 0. The van der Waals surface area contributed by atoms with Gasteiger partial charge in [-0.1, -0.05) is 12.1 Å². The van der Waals surface area contributed by atoms with Gasteiger partial charge in [0.05, 0.1) is 4.92 Å². The van der Waals surface area contributed by atoms with Crippen molar-refractivity contribution in [3.63, 3.8) is 0 Å². The van der Waals surface area contributed by atoms with Crippen LogP contribution in [0, 0.1) is 21.4 Å². The number of nitrogens with zero attached hydrogens (tertiary/aromatic N) is 3. The maximum Gasteiger partial charge on any atom is 0.270 e. The highest BCUT2D eigenvalue weighted by atomic mass is 16.6. The van der Waals surface area contributed by atoms with Gasteiger partial charge in [-0.2, -0.15) is 5.26 Å². The van der Waals surface area contributed by atoms with E-state index in [1.54, 1.807) is 29.2 Å². The lowest BCUT2D eigenvalue weighted by Gasteiger charge is -2.17. The molecule has 0 spiro atoms. The number of benzene rings is 1. The first-order valence-electron chi connectivity index (χ1n) is 7.75. The van der Waals surface area contributed by atoms with Crippen LogP contribution in [0.5, 0.6) is 0 Å². The molecule has 0 unspecified atom stereocenters. The summed E-state index contributed by atoms with van der Waals surface area (Å²) >= 11 is 0. The molecule has 0 saturated carbocycles. The Hall–Kier alpha value is -3.40. The molecular weight excluding hydrogens is 322 g/mol. The van der Waals surface area contributed by atoms with E-state index in [0.29, 0.717) is 30.2 Å². The molecule has 2 rings (SSSR count). The molecule has 1 aromatic carbocycles. The molecule has 1 amide bonds. The minimum absolute atomic E-state index is 0.0244. The van der Waals surface area contributed by atoms with E-state index in [1.165, 1.54) is 18.2 Å². The zero-order valence-electron chi connectivity index (χ0n) is 13.9. The van der Waals surface area contributed by atoms with E-state index in [-0.39, 0.29) is 17.2 Å². The summed E-state index contributed by atoms with van der Waals surface area (Å²) in [6, 6.07) is 11.2. The van der Waals surface area contributed by atoms with Crippen molar-refractivity contribution < 1.29 is 14.1 Å². The number of nitro benzene ring substituents is 1. The first kappa shape index (κ1) is 17.9. The summed E-state index contributed by atoms with van der Waals surface area (Å²) < 4.78 is 5.61. The van der Waals surface area contributed by atoms with E-state index in [2.05, 4.69) is 0 Å². The monoisotopic (exact) mass is 339 g/mol. The van der Waals surface area contributed by atoms with Crippen LogP contribution in [0.1, 0.15) is 19.6 Å². The molecule has 0 aliphatic carbocycles. The predicted octanol–water partition coefficient (Wildman–Crippen LogP) is 3.63. The molecule has 25 heavy (non-hydrogen) atoms. The molecule has 0 aliphatic heterocycles. The fourth-order valence-electron chi connectivity index (χ4n) is 2.32. The Morgan fingerprint density at radius 2 is 2.04 bits per heavy atom. The van der Waals surface area contributed by atoms with Gasteiger partial charge >= 0.3 is 0 Å². The van der Waals surface area contributed by atoms with Crippen molar-refractivity contribution in [3.8, 4) is 17.4 Å². The van der Waals surface area contributed by atoms with Crippen molar-refractivity contribution in [2.24, 2.45) is 0 Å². The zero-order valence-corrected chi connectivity index (χ0v) is 13.9. The Balaban J connectivity index is 2.31. The lowest BCUT2D eigenvalue weighted by Crippen LogP contribution is -2.31. The van der Waals surface area contributed by atoms with Crippen molar-refractivity contribution in [3.05, 3.63) is 57.8 Å². The molecule has 7 heteroatoms. The molecule has 0 saturated heterocycles. The van der Waals surface area contributed by atoms with E-state index in [0.717, 1.165) is 0 Å². The first-order valence-corrected chi connectivity index (χ1v) is 7.75. The third-order valence-corrected chi connectivity index (χ3v) is 3.66. The average Bonchev–Trinajstić information content (AvgIpc) is 3.09. The van der Waals surface area contributed by atoms with Crippen molar-refractivity contribution >= 4 is 17.7 Å². The number of nitro groups is 1. The summed E-state index contributed by atoms with van der Waals surface area (Å²) in [5, 5.41) is 20.1. The molecular formula is C18H17N3O4. The minimum atomic E-state index is -0.482. The van der Waals surface area contributed by atoms with Gasteiger partial charge in [0, 0.05) is 36.9 Å². The van der Waals surface area contributed by atoms with Crippen LogP contribution in [-0.4, -0.2) is 28.8 Å². The second-order valence-electron chi connectivity index (χ2n) is 5.16. The fraction of sp³-hybridized carbons (Fsp3) is 0.222. The van der Waals surface area contributed by atoms with Gasteiger partial charge in [0.15, 0.2) is 0 Å². The van der Waals surface area contributed by atoms with Gasteiger partial charge in [-0.15, -0.1) is 0 Å². The Labute approximate surface area is 144 Å². The molecule has 1 heterocycles. The van der Waals surface area contributed by atoms with E-state index in [4.69, 9.17) is 4.42 Å². The van der Waals surface area contributed by atoms with Crippen molar-refractivity contribution in [2.45, 2.75) is 13.8 Å². The molecule has 0 radical (unpaired) electrons. The Bertz CT molecular complexity index is 857. The smallest absolute Gasteiger partial charge is 0.270 e. The summed E-state index contributed by atoms with van der Waals surface area (Å²) in [7, 11) is 0. The van der Waals surface area contributed by atoms with Crippen LogP contribution in [0.4, 0.5) is 5.69 Å². The van der Waals surface area contributed by atoms with E-state index >= 15 is 0 Å². The second-order valence-corrected chi connectivity index (χ2v) is 5.16. The lowest BCUT2D eigenvalue weighted by molar-refractivity contribution is -0.384. The van der Waals surface area contributed by atoms with Gasteiger partial charge in [-0.3, -0.25) is 14.9 Å². The first-order chi connectivity index (χ1) is 12.0. The minimum Gasteiger partial charge on any atom is -0.457 e. The summed E-state index contributed by atoms with van der Waals surface area (Å²) in [6.45, 7) is 4.68. The van der Waals surface area contributed by atoms with Crippen LogP contribution in [0.2, 0.25) is 0 Å². The van der Waals surface area contributed by atoms with Crippen LogP contribution in [-0.2, 0) is 4.79 Å². The number of hydrogen-bond acceptors (Lipinski definition) is 5. The number of carbonyl (C=O) groups excluding carboxylic acids is 1.